The molecular weight excluding hydrogens is 412 g/mol. The molecule has 0 aliphatic rings. The van der Waals surface area contributed by atoms with Crippen molar-refractivity contribution in [1.82, 2.24) is 30.4 Å². The molecule has 0 spiro atoms. The third-order valence-corrected chi connectivity index (χ3v) is 4.76. The van der Waals surface area contributed by atoms with Crippen LogP contribution in [0, 0.1) is 13.8 Å². The van der Waals surface area contributed by atoms with E-state index in [1.165, 1.54) is 0 Å². The quantitative estimate of drug-likeness (QED) is 0.424. The molecule has 10 nitrogen and oxygen atoms in total. The van der Waals surface area contributed by atoms with Gasteiger partial charge >= 0.3 is 5.97 Å². The maximum Gasteiger partial charge on any atom is 0.340 e. The van der Waals surface area contributed by atoms with E-state index >= 15 is 0 Å². The van der Waals surface area contributed by atoms with Crippen molar-refractivity contribution in [3.05, 3.63) is 58.9 Å². The standard InChI is InChI=1S/C22H22N6O4/c1-4-31-22(30)16-11-17-20(24-12(16)2)27-18(26-17)8-9-23-21(29)15-7-5-6-14(10-15)19-25-13(3)32-28-19/h5-7,10-11H,4,8-9H2,1-3H3,(H,23,29)(H,24,26,27). The number of nitrogens with one attached hydrogen (secondary N) is 2. The SMILES string of the molecule is CCOC(=O)c1cc2nc(CCNC(=O)c3cccc(-c4noc(C)n4)c3)[nH]c2nc1C. The van der Waals surface area contributed by atoms with Crippen LogP contribution in [-0.2, 0) is 11.2 Å². The number of rotatable bonds is 7. The molecule has 0 aliphatic carbocycles. The predicted molar refractivity (Wildman–Crippen MR) is 115 cm³/mol. The van der Waals surface area contributed by atoms with Crippen molar-refractivity contribution < 1.29 is 18.8 Å². The van der Waals surface area contributed by atoms with Gasteiger partial charge in [0.2, 0.25) is 11.7 Å². The summed E-state index contributed by atoms with van der Waals surface area (Å²) in [7, 11) is 0. The highest BCUT2D eigenvalue weighted by molar-refractivity contribution is 5.95. The van der Waals surface area contributed by atoms with Crippen LogP contribution in [0.3, 0.4) is 0 Å². The number of carbonyl (C=O) groups is 2. The first kappa shape index (κ1) is 21.2. The lowest BCUT2D eigenvalue weighted by molar-refractivity contribution is 0.0525. The van der Waals surface area contributed by atoms with Gasteiger partial charge in [-0.25, -0.2) is 14.8 Å². The van der Waals surface area contributed by atoms with Crippen LogP contribution in [0.15, 0.2) is 34.9 Å². The van der Waals surface area contributed by atoms with Crippen molar-refractivity contribution in [1.29, 1.82) is 0 Å². The number of H-pyrrole nitrogens is 1. The normalized spacial score (nSPS) is 11.0. The van der Waals surface area contributed by atoms with Gasteiger partial charge in [0.1, 0.15) is 11.3 Å². The number of imidazole rings is 1. The summed E-state index contributed by atoms with van der Waals surface area (Å²) < 4.78 is 10.1. The van der Waals surface area contributed by atoms with Crippen molar-refractivity contribution in [2.24, 2.45) is 0 Å². The van der Waals surface area contributed by atoms with Gasteiger partial charge in [-0.2, -0.15) is 4.98 Å². The summed E-state index contributed by atoms with van der Waals surface area (Å²) in [6, 6.07) is 8.68. The molecule has 0 radical (unpaired) electrons. The fourth-order valence-electron chi connectivity index (χ4n) is 3.23. The van der Waals surface area contributed by atoms with Crippen LogP contribution in [0.2, 0.25) is 0 Å². The van der Waals surface area contributed by atoms with Crippen molar-refractivity contribution in [2.45, 2.75) is 27.2 Å². The first-order valence-electron chi connectivity index (χ1n) is 10.2. The van der Waals surface area contributed by atoms with Gasteiger partial charge in [-0.1, -0.05) is 17.3 Å². The molecule has 3 heterocycles. The number of aromatic amines is 1. The van der Waals surface area contributed by atoms with Crippen molar-refractivity contribution >= 4 is 23.0 Å². The molecule has 164 valence electrons. The first-order valence-corrected chi connectivity index (χ1v) is 10.2. The summed E-state index contributed by atoms with van der Waals surface area (Å²) in [6.45, 7) is 5.87. The van der Waals surface area contributed by atoms with E-state index in [4.69, 9.17) is 9.26 Å². The van der Waals surface area contributed by atoms with E-state index < -0.39 is 5.97 Å². The highest BCUT2D eigenvalue weighted by atomic mass is 16.5. The molecule has 2 N–H and O–H groups in total. The Morgan fingerprint density at radius 2 is 2.00 bits per heavy atom. The maximum absolute atomic E-state index is 12.6. The Kier molecular flexibility index (Phi) is 5.93. The molecule has 0 bridgehead atoms. The molecular formula is C22H22N6O4. The van der Waals surface area contributed by atoms with Gasteiger partial charge < -0.3 is 19.6 Å². The number of fused-ring (bicyclic) bond motifs is 1. The summed E-state index contributed by atoms with van der Waals surface area (Å²) in [5.41, 5.74) is 3.30. The summed E-state index contributed by atoms with van der Waals surface area (Å²) in [4.78, 5) is 40.8. The zero-order valence-corrected chi connectivity index (χ0v) is 17.9. The fourth-order valence-corrected chi connectivity index (χ4v) is 3.23. The van der Waals surface area contributed by atoms with Crippen molar-refractivity contribution in [3.8, 4) is 11.4 Å². The molecule has 32 heavy (non-hydrogen) atoms. The van der Waals surface area contributed by atoms with E-state index in [0.29, 0.717) is 70.7 Å². The average Bonchev–Trinajstić information content (AvgIpc) is 3.38. The minimum atomic E-state index is -0.422. The average molecular weight is 434 g/mol. The number of aromatic nitrogens is 5. The number of esters is 1. The molecule has 0 saturated carbocycles. The zero-order chi connectivity index (χ0) is 22.7. The number of hydrogen-bond donors (Lipinski definition) is 2. The van der Waals surface area contributed by atoms with E-state index in [0.717, 1.165) is 0 Å². The van der Waals surface area contributed by atoms with Crippen molar-refractivity contribution in [2.75, 3.05) is 13.2 Å². The van der Waals surface area contributed by atoms with Gasteiger partial charge in [0.15, 0.2) is 5.65 Å². The molecule has 1 amide bonds. The fraction of sp³-hybridized carbons (Fsp3) is 0.273. The monoisotopic (exact) mass is 434 g/mol. The van der Waals surface area contributed by atoms with Crippen LogP contribution >= 0.6 is 0 Å². The molecule has 0 aliphatic heterocycles. The highest BCUT2D eigenvalue weighted by Crippen LogP contribution is 2.18. The van der Waals surface area contributed by atoms with Crippen LogP contribution in [0.4, 0.5) is 0 Å². The highest BCUT2D eigenvalue weighted by Gasteiger charge is 2.15. The number of ether oxygens (including phenoxy) is 1. The summed E-state index contributed by atoms with van der Waals surface area (Å²) in [5.74, 6) is 0.907. The first-order chi connectivity index (χ1) is 15.4. The Labute approximate surface area is 183 Å². The minimum Gasteiger partial charge on any atom is -0.462 e. The third kappa shape index (κ3) is 4.48. The lowest BCUT2D eigenvalue weighted by atomic mass is 10.1. The second-order valence-corrected chi connectivity index (χ2v) is 7.12. The second kappa shape index (κ2) is 8.96. The van der Waals surface area contributed by atoms with Gasteiger partial charge in [0.05, 0.1) is 17.9 Å². The smallest absolute Gasteiger partial charge is 0.340 e. The van der Waals surface area contributed by atoms with E-state index in [1.807, 2.05) is 6.07 Å². The maximum atomic E-state index is 12.6. The minimum absolute atomic E-state index is 0.221. The number of hydrogen-bond acceptors (Lipinski definition) is 8. The molecule has 10 heteroatoms. The van der Waals surface area contributed by atoms with Gasteiger partial charge in [0.25, 0.3) is 5.91 Å². The van der Waals surface area contributed by atoms with E-state index in [-0.39, 0.29) is 5.91 Å². The molecule has 3 aromatic heterocycles. The summed E-state index contributed by atoms with van der Waals surface area (Å²) in [5, 5.41) is 6.75. The molecule has 1 aromatic carbocycles. The van der Waals surface area contributed by atoms with Gasteiger partial charge in [-0.15, -0.1) is 0 Å². The number of amides is 1. The molecule has 0 fully saturated rings. The molecule has 0 saturated heterocycles. The summed E-state index contributed by atoms with van der Waals surface area (Å²) >= 11 is 0. The zero-order valence-electron chi connectivity index (χ0n) is 17.9. The summed E-state index contributed by atoms with van der Waals surface area (Å²) in [6.07, 6.45) is 0.472. The van der Waals surface area contributed by atoms with Crippen LogP contribution in [0.25, 0.3) is 22.6 Å². The van der Waals surface area contributed by atoms with Crippen LogP contribution in [-0.4, -0.2) is 50.1 Å². The Balaban J connectivity index is 1.41. The Hall–Kier alpha value is -4.08. The van der Waals surface area contributed by atoms with Crippen LogP contribution in [0.1, 0.15) is 45.0 Å². The number of nitrogens with zero attached hydrogens (tertiary/aromatic N) is 4. The lowest BCUT2D eigenvalue weighted by Gasteiger charge is -2.05. The van der Waals surface area contributed by atoms with Crippen LogP contribution in [0.5, 0.6) is 0 Å². The Morgan fingerprint density at radius 1 is 1.16 bits per heavy atom. The number of aryl methyl sites for hydroxylation is 2. The van der Waals surface area contributed by atoms with E-state index in [1.54, 1.807) is 45.0 Å². The van der Waals surface area contributed by atoms with Crippen molar-refractivity contribution in [3.63, 3.8) is 0 Å². The number of benzene rings is 1. The molecule has 0 atom stereocenters. The van der Waals surface area contributed by atoms with Crippen LogP contribution < -0.4 is 5.32 Å². The Bertz CT molecular complexity index is 1290. The second-order valence-electron chi connectivity index (χ2n) is 7.12. The number of pyridine rings is 1. The van der Waals surface area contributed by atoms with Gasteiger partial charge in [-0.3, -0.25) is 4.79 Å². The lowest BCUT2D eigenvalue weighted by Crippen LogP contribution is -2.25. The van der Waals surface area contributed by atoms with Gasteiger partial charge in [0, 0.05) is 31.0 Å². The Morgan fingerprint density at radius 3 is 2.75 bits per heavy atom. The molecule has 4 aromatic rings. The van der Waals surface area contributed by atoms with E-state index in [9.17, 15) is 9.59 Å². The predicted octanol–water partition coefficient (Wildman–Crippen LogP) is 2.77. The molecule has 4 rings (SSSR count). The number of carbonyl (C=O) groups excluding carboxylic acids is 2. The topological polar surface area (TPSA) is 136 Å². The van der Waals surface area contributed by atoms with E-state index in [2.05, 4.69) is 30.4 Å². The molecule has 0 unspecified atom stereocenters. The third-order valence-electron chi connectivity index (χ3n) is 4.76. The van der Waals surface area contributed by atoms with Gasteiger partial charge in [-0.05, 0) is 32.0 Å². The largest absolute Gasteiger partial charge is 0.462 e.